The number of aromatic nitrogens is 1. The van der Waals surface area contributed by atoms with Crippen LogP contribution in [0.25, 0.3) is 0 Å². The summed E-state index contributed by atoms with van der Waals surface area (Å²) < 4.78 is 40.8. The van der Waals surface area contributed by atoms with Crippen molar-refractivity contribution in [2.24, 2.45) is 17.8 Å². The quantitative estimate of drug-likeness (QED) is 0.661. The molecule has 3 heterocycles. The summed E-state index contributed by atoms with van der Waals surface area (Å²) in [6.45, 7) is 7.85. The molecule has 180 valence electrons. The smallest absolute Gasteiger partial charge is 0.245 e. The fourth-order valence-electron chi connectivity index (χ4n) is 4.95. The predicted octanol–water partition coefficient (Wildman–Crippen LogP) is 3.80. The minimum absolute atomic E-state index is 0.140. The van der Waals surface area contributed by atoms with Gasteiger partial charge in [-0.05, 0) is 43.2 Å². The number of halogens is 1. The molecule has 2 unspecified atom stereocenters. The van der Waals surface area contributed by atoms with Crippen LogP contribution in [0.15, 0.2) is 34.5 Å². The van der Waals surface area contributed by atoms with Gasteiger partial charge in [-0.3, -0.25) is 9.69 Å². The summed E-state index contributed by atoms with van der Waals surface area (Å²) in [4.78, 5) is 19.4. The van der Waals surface area contributed by atoms with E-state index in [1.807, 2.05) is 5.38 Å². The lowest BCUT2D eigenvalue weighted by atomic mass is 9.92. The monoisotopic (exact) mass is 494 g/mol. The molecule has 2 saturated heterocycles. The van der Waals surface area contributed by atoms with Gasteiger partial charge in [-0.15, -0.1) is 11.3 Å². The fraction of sp³-hybridized carbons (Fsp3) is 0.565. The van der Waals surface area contributed by atoms with Crippen LogP contribution in [-0.2, 0) is 21.4 Å². The molecule has 1 N–H and O–H groups in total. The Morgan fingerprint density at radius 1 is 1.18 bits per heavy atom. The van der Waals surface area contributed by atoms with Gasteiger partial charge in [0.05, 0.1) is 5.69 Å². The number of nitrogens with zero attached hydrogens (tertiary/aromatic N) is 3. The summed E-state index contributed by atoms with van der Waals surface area (Å²) in [5.41, 5.74) is 0.961. The molecule has 4 rings (SSSR count). The average Bonchev–Trinajstić information content (AvgIpc) is 3.19. The molecular formula is C23H31FN4O3S2. The summed E-state index contributed by atoms with van der Waals surface area (Å²) >= 11 is 1.42. The van der Waals surface area contributed by atoms with E-state index in [9.17, 15) is 17.6 Å². The third-order valence-electron chi connectivity index (χ3n) is 6.39. The number of benzene rings is 1. The number of amides is 1. The van der Waals surface area contributed by atoms with E-state index in [1.54, 1.807) is 0 Å². The summed E-state index contributed by atoms with van der Waals surface area (Å²) in [6, 6.07) is 5.38. The molecular weight excluding hydrogens is 463 g/mol. The number of hydrogen-bond donors (Lipinski definition) is 1. The number of piperidine rings is 2. The normalized spacial score (nSPS) is 23.5. The highest BCUT2D eigenvalue weighted by molar-refractivity contribution is 7.89. The highest BCUT2D eigenvalue weighted by atomic mass is 32.2. The number of likely N-dealkylation sites (tertiary alicyclic amines) is 1. The van der Waals surface area contributed by atoms with Crippen LogP contribution in [0.2, 0.25) is 0 Å². The zero-order valence-corrected chi connectivity index (χ0v) is 20.7. The van der Waals surface area contributed by atoms with Gasteiger partial charge in [0.25, 0.3) is 0 Å². The molecule has 0 aliphatic carbocycles. The Balaban J connectivity index is 1.30. The zero-order valence-electron chi connectivity index (χ0n) is 19.0. The van der Waals surface area contributed by atoms with Crippen LogP contribution in [0.5, 0.6) is 0 Å². The number of carbonyl (C=O) groups excluding carboxylic acids is 1. The summed E-state index contributed by atoms with van der Waals surface area (Å²) in [5.74, 6) is 0.164. The Labute approximate surface area is 199 Å². The summed E-state index contributed by atoms with van der Waals surface area (Å²) in [6.07, 6.45) is 2.04. The molecule has 10 heteroatoms. The first kappa shape index (κ1) is 24.3. The second-order valence-corrected chi connectivity index (χ2v) is 12.1. The number of sulfonamides is 1. The SMILES string of the molecule is CC1CC(C)CN(Cc2csc(NC(=O)C3CCN(S(=O)(=O)c4ccccc4F)CC3)n2)C1. The molecule has 1 aromatic carbocycles. The van der Waals surface area contributed by atoms with E-state index >= 15 is 0 Å². The molecule has 2 aromatic rings. The minimum atomic E-state index is -3.91. The number of nitrogens with one attached hydrogen (secondary N) is 1. The Kier molecular flexibility index (Phi) is 7.47. The van der Waals surface area contributed by atoms with Gasteiger partial charge in [-0.1, -0.05) is 26.0 Å². The largest absolute Gasteiger partial charge is 0.302 e. The molecule has 7 nitrogen and oxygen atoms in total. The maximum atomic E-state index is 14.0. The van der Waals surface area contributed by atoms with E-state index in [2.05, 4.69) is 29.0 Å². The highest BCUT2D eigenvalue weighted by Gasteiger charge is 2.33. The zero-order chi connectivity index (χ0) is 23.6. The number of anilines is 1. The molecule has 33 heavy (non-hydrogen) atoms. The lowest BCUT2D eigenvalue weighted by Crippen LogP contribution is -2.41. The molecule has 1 aromatic heterocycles. The predicted molar refractivity (Wildman–Crippen MR) is 127 cm³/mol. The first-order valence-corrected chi connectivity index (χ1v) is 13.8. The molecule has 2 aliphatic heterocycles. The van der Waals surface area contributed by atoms with Crippen molar-refractivity contribution in [2.75, 3.05) is 31.5 Å². The third-order valence-corrected chi connectivity index (χ3v) is 9.13. The van der Waals surface area contributed by atoms with E-state index in [-0.39, 0.29) is 29.8 Å². The van der Waals surface area contributed by atoms with Gasteiger partial charge < -0.3 is 5.32 Å². The minimum Gasteiger partial charge on any atom is -0.302 e. The van der Waals surface area contributed by atoms with Gasteiger partial charge in [0.15, 0.2) is 5.13 Å². The molecule has 2 aliphatic rings. The Bertz CT molecular complexity index is 1070. The average molecular weight is 495 g/mol. The lowest BCUT2D eigenvalue weighted by Gasteiger charge is -2.34. The van der Waals surface area contributed by atoms with Crippen LogP contribution in [0.3, 0.4) is 0 Å². The van der Waals surface area contributed by atoms with Crippen LogP contribution < -0.4 is 5.32 Å². The van der Waals surface area contributed by atoms with Crippen LogP contribution in [-0.4, -0.2) is 54.7 Å². The lowest BCUT2D eigenvalue weighted by molar-refractivity contribution is -0.120. The van der Waals surface area contributed by atoms with Gasteiger partial charge >= 0.3 is 0 Å². The van der Waals surface area contributed by atoms with E-state index in [1.165, 1.54) is 40.3 Å². The van der Waals surface area contributed by atoms with Gasteiger partial charge in [0, 0.05) is 44.0 Å². The van der Waals surface area contributed by atoms with Gasteiger partial charge in [0.1, 0.15) is 10.7 Å². The molecule has 0 radical (unpaired) electrons. The maximum absolute atomic E-state index is 14.0. The van der Waals surface area contributed by atoms with Crippen molar-refractivity contribution in [1.82, 2.24) is 14.2 Å². The second kappa shape index (κ2) is 10.2. The van der Waals surface area contributed by atoms with Crippen molar-refractivity contribution < 1.29 is 17.6 Å². The van der Waals surface area contributed by atoms with Gasteiger partial charge in [0.2, 0.25) is 15.9 Å². The first-order chi connectivity index (χ1) is 15.7. The molecule has 2 fully saturated rings. The number of hydrogen-bond acceptors (Lipinski definition) is 6. The molecule has 0 saturated carbocycles. The van der Waals surface area contributed by atoms with E-state index in [0.717, 1.165) is 31.4 Å². The van der Waals surface area contributed by atoms with Crippen molar-refractivity contribution in [2.45, 2.75) is 44.6 Å². The number of carbonyl (C=O) groups is 1. The van der Waals surface area contributed by atoms with Crippen molar-refractivity contribution in [3.05, 3.63) is 41.2 Å². The third kappa shape index (κ3) is 5.79. The topological polar surface area (TPSA) is 82.6 Å². The van der Waals surface area contributed by atoms with Crippen LogP contribution in [0, 0.1) is 23.6 Å². The van der Waals surface area contributed by atoms with Crippen molar-refractivity contribution in [3.63, 3.8) is 0 Å². The Morgan fingerprint density at radius 3 is 2.52 bits per heavy atom. The molecule has 1 amide bonds. The van der Waals surface area contributed by atoms with Gasteiger partial charge in [-0.25, -0.2) is 17.8 Å². The fourth-order valence-corrected chi connectivity index (χ4v) is 7.19. The standard InChI is InChI=1S/C23H31FN4O3S2/c1-16-11-17(2)13-27(12-16)14-19-15-32-23(25-19)26-22(29)18-7-9-28(10-8-18)33(30,31)21-6-4-3-5-20(21)24/h3-6,15-18H,7-14H2,1-2H3,(H,25,26,29). The van der Waals surface area contributed by atoms with E-state index < -0.39 is 15.8 Å². The number of rotatable bonds is 6. The number of thiazole rings is 1. The van der Waals surface area contributed by atoms with Crippen molar-refractivity contribution in [1.29, 1.82) is 0 Å². The van der Waals surface area contributed by atoms with Crippen LogP contribution in [0.4, 0.5) is 9.52 Å². The Hall–Kier alpha value is -1.88. The first-order valence-electron chi connectivity index (χ1n) is 11.4. The molecule has 0 spiro atoms. The Morgan fingerprint density at radius 2 is 1.85 bits per heavy atom. The summed E-state index contributed by atoms with van der Waals surface area (Å²) in [5, 5.41) is 5.47. The maximum Gasteiger partial charge on any atom is 0.245 e. The molecule has 2 atom stereocenters. The molecule has 0 bridgehead atoms. The van der Waals surface area contributed by atoms with Gasteiger partial charge in [-0.2, -0.15) is 4.31 Å². The highest BCUT2D eigenvalue weighted by Crippen LogP contribution is 2.27. The van der Waals surface area contributed by atoms with Crippen molar-refractivity contribution >= 4 is 32.4 Å². The van der Waals surface area contributed by atoms with Crippen LogP contribution >= 0.6 is 11.3 Å². The second-order valence-electron chi connectivity index (χ2n) is 9.38. The van der Waals surface area contributed by atoms with E-state index in [0.29, 0.717) is 29.8 Å². The summed E-state index contributed by atoms with van der Waals surface area (Å²) in [7, 11) is -3.91. The van der Waals surface area contributed by atoms with Crippen molar-refractivity contribution in [3.8, 4) is 0 Å². The van der Waals surface area contributed by atoms with E-state index in [4.69, 9.17) is 0 Å². The van der Waals surface area contributed by atoms with Crippen LogP contribution in [0.1, 0.15) is 38.8 Å².